The maximum absolute atomic E-state index is 12.2. The molecule has 0 bridgehead atoms. The van der Waals surface area contributed by atoms with Crippen molar-refractivity contribution in [3.8, 4) is 11.8 Å². The largest absolute Gasteiger partial charge is 0.384 e. The molecule has 0 saturated heterocycles. The van der Waals surface area contributed by atoms with E-state index in [2.05, 4.69) is 21.5 Å². The Morgan fingerprint density at radius 3 is 2.95 bits per heavy atom. The number of anilines is 1. The van der Waals surface area contributed by atoms with Crippen molar-refractivity contribution in [1.29, 1.82) is 0 Å². The van der Waals surface area contributed by atoms with Gasteiger partial charge in [-0.15, -0.1) is 0 Å². The zero-order chi connectivity index (χ0) is 14.6. The van der Waals surface area contributed by atoms with Gasteiger partial charge in [-0.3, -0.25) is 4.72 Å². The van der Waals surface area contributed by atoms with E-state index in [9.17, 15) is 8.42 Å². The standard InChI is InChI=1S/C13H12N2O3S2/c1-10-4-2-6-12(8-10)20(17,18)15-13-14-9-11(19-13)5-3-7-16/h2,4,6,8-9,16H,7H2,1H3,(H,14,15). The van der Waals surface area contributed by atoms with Crippen molar-refractivity contribution in [3.05, 3.63) is 40.9 Å². The van der Waals surface area contributed by atoms with Gasteiger partial charge in [0.05, 0.1) is 16.0 Å². The van der Waals surface area contributed by atoms with Crippen LogP contribution in [0.4, 0.5) is 5.13 Å². The number of aryl methyl sites for hydroxylation is 1. The first-order chi connectivity index (χ1) is 9.51. The fourth-order valence-electron chi connectivity index (χ4n) is 1.46. The Bertz CT molecular complexity index is 770. The second-order valence-electron chi connectivity index (χ2n) is 3.91. The van der Waals surface area contributed by atoms with E-state index >= 15 is 0 Å². The van der Waals surface area contributed by atoms with E-state index < -0.39 is 10.0 Å². The van der Waals surface area contributed by atoms with Crippen LogP contribution in [0.25, 0.3) is 0 Å². The summed E-state index contributed by atoms with van der Waals surface area (Å²) in [5, 5.41) is 8.84. The zero-order valence-electron chi connectivity index (χ0n) is 10.6. The van der Waals surface area contributed by atoms with Crippen molar-refractivity contribution >= 4 is 26.5 Å². The van der Waals surface area contributed by atoms with E-state index in [-0.39, 0.29) is 16.6 Å². The highest BCUT2D eigenvalue weighted by Gasteiger charge is 2.15. The maximum atomic E-state index is 12.2. The van der Waals surface area contributed by atoms with Crippen LogP contribution >= 0.6 is 11.3 Å². The molecule has 1 heterocycles. The van der Waals surface area contributed by atoms with E-state index in [1.165, 1.54) is 12.3 Å². The van der Waals surface area contributed by atoms with Crippen LogP contribution in [0.3, 0.4) is 0 Å². The van der Waals surface area contributed by atoms with Gasteiger partial charge in [0, 0.05) is 0 Å². The summed E-state index contributed by atoms with van der Waals surface area (Å²) in [5.74, 6) is 5.15. The fraction of sp³-hybridized carbons (Fsp3) is 0.154. The third kappa shape index (κ3) is 3.57. The number of nitrogens with one attached hydrogen (secondary N) is 1. The van der Waals surface area contributed by atoms with E-state index in [1.807, 2.05) is 13.0 Å². The van der Waals surface area contributed by atoms with Gasteiger partial charge in [-0.25, -0.2) is 13.4 Å². The maximum Gasteiger partial charge on any atom is 0.263 e. The van der Waals surface area contributed by atoms with E-state index in [0.29, 0.717) is 4.88 Å². The lowest BCUT2D eigenvalue weighted by molar-refractivity contribution is 0.350. The zero-order valence-corrected chi connectivity index (χ0v) is 12.3. The van der Waals surface area contributed by atoms with Crippen LogP contribution in [0.15, 0.2) is 35.4 Å². The molecule has 0 aliphatic rings. The average Bonchev–Trinajstić information content (AvgIpc) is 2.83. The first-order valence-corrected chi connectivity index (χ1v) is 7.96. The summed E-state index contributed by atoms with van der Waals surface area (Å²) in [5.41, 5.74) is 0.863. The minimum absolute atomic E-state index is 0.190. The summed E-state index contributed by atoms with van der Waals surface area (Å²) in [4.78, 5) is 4.72. The Hall–Kier alpha value is -1.88. The lowest BCUT2D eigenvalue weighted by Crippen LogP contribution is -2.12. The van der Waals surface area contributed by atoms with Crippen LogP contribution in [-0.2, 0) is 10.0 Å². The third-order valence-corrected chi connectivity index (χ3v) is 4.61. The number of aromatic nitrogens is 1. The first kappa shape index (κ1) is 14.5. The van der Waals surface area contributed by atoms with Crippen LogP contribution in [0.1, 0.15) is 10.4 Å². The van der Waals surface area contributed by atoms with Crippen molar-refractivity contribution in [2.24, 2.45) is 0 Å². The fourth-order valence-corrected chi connectivity index (χ4v) is 3.50. The topological polar surface area (TPSA) is 79.3 Å². The average molecular weight is 308 g/mol. The molecular formula is C13H12N2O3S2. The van der Waals surface area contributed by atoms with Gasteiger partial charge >= 0.3 is 0 Å². The normalized spacial score (nSPS) is 10.7. The molecule has 0 spiro atoms. The van der Waals surface area contributed by atoms with Crippen molar-refractivity contribution in [3.63, 3.8) is 0 Å². The number of hydrogen-bond donors (Lipinski definition) is 2. The first-order valence-electron chi connectivity index (χ1n) is 5.66. The van der Waals surface area contributed by atoms with Gasteiger partial charge in [0.15, 0.2) is 5.13 Å². The molecule has 0 atom stereocenters. The number of rotatable bonds is 3. The highest BCUT2D eigenvalue weighted by atomic mass is 32.2. The van der Waals surface area contributed by atoms with Crippen LogP contribution in [-0.4, -0.2) is 25.1 Å². The minimum Gasteiger partial charge on any atom is -0.384 e. The molecule has 0 amide bonds. The molecule has 2 N–H and O–H groups in total. The molecule has 0 fully saturated rings. The third-order valence-electron chi connectivity index (χ3n) is 2.32. The second-order valence-corrected chi connectivity index (χ2v) is 6.62. The van der Waals surface area contributed by atoms with Gasteiger partial charge in [0.25, 0.3) is 10.0 Å². The lowest BCUT2D eigenvalue weighted by Gasteiger charge is -2.05. The number of aliphatic hydroxyl groups excluding tert-OH is 1. The van der Waals surface area contributed by atoms with Gasteiger partial charge in [-0.05, 0) is 24.6 Å². The van der Waals surface area contributed by atoms with E-state index in [0.717, 1.165) is 16.9 Å². The van der Waals surface area contributed by atoms with Crippen molar-refractivity contribution in [2.75, 3.05) is 11.3 Å². The van der Waals surface area contributed by atoms with Crippen LogP contribution < -0.4 is 4.72 Å². The van der Waals surface area contributed by atoms with Crippen LogP contribution in [0.2, 0.25) is 0 Å². The van der Waals surface area contributed by atoms with Gasteiger partial charge in [-0.1, -0.05) is 35.3 Å². The Labute approximate surface area is 121 Å². The molecule has 2 aromatic rings. The number of sulfonamides is 1. The molecule has 5 nitrogen and oxygen atoms in total. The van der Waals surface area contributed by atoms with E-state index in [1.54, 1.807) is 12.1 Å². The summed E-state index contributed by atoms with van der Waals surface area (Å²) >= 11 is 1.11. The number of hydrogen-bond acceptors (Lipinski definition) is 5. The summed E-state index contributed by atoms with van der Waals surface area (Å²) in [6, 6.07) is 6.62. The SMILES string of the molecule is Cc1cccc(S(=O)(=O)Nc2ncc(C#CCO)s2)c1. The molecule has 2 rings (SSSR count). The number of aliphatic hydroxyl groups is 1. The molecular weight excluding hydrogens is 296 g/mol. The Morgan fingerprint density at radius 1 is 1.45 bits per heavy atom. The molecule has 0 aliphatic carbocycles. The molecule has 20 heavy (non-hydrogen) atoms. The Kier molecular flexibility index (Phi) is 4.39. The summed E-state index contributed by atoms with van der Waals surface area (Å²) < 4.78 is 26.7. The van der Waals surface area contributed by atoms with Gasteiger partial charge in [-0.2, -0.15) is 0 Å². The predicted octanol–water partition coefficient (Wildman–Crippen LogP) is 1.60. The summed E-state index contributed by atoms with van der Waals surface area (Å²) in [7, 11) is -3.64. The molecule has 7 heteroatoms. The highest BCUT2D eigenvalue weighted by Crippen LogP contribution is 2.21. The van der Waals surface area contributed by atoms with Gasteiger partial charge in [0.1, 0.15) is 6.61 Å². The van der Waals surface area contributed by atoms with Crippen LogP contribution in [0.5, 0.6) is 0 Å². The Balaban J connectivity index is 2.22. The summed E-state index contributed by atoms with van der Waals surface area (Å²) in [6.45, 7) is 1.58. The Morgan fingerprint density at radius 2 is 2.25 bits per heavy atom. The number of nitrogens with zero attached hydrogens (tertiary/aromatic N) is 1. The molecule has 0 radical (unpaired) electrons. The molecule has 0 saturated carbocycles. The minimum atomic E-state index is -3.64. The van der Waals surface area contributed by atoms with Gasteiger partial charge in [0.2, 0.25) is 0 Å². The second kappa shape index (κ2) is 6.05. The van der Waals surface area contributed by atoms with Gasteiger partial charge < -0.3 is 5.11 Å². The van der Waals surface area contributed by atoms with Crippen molar-refractivity contribution in [2.45, 2.75) is 11.8 Å². The predicted molar refractivity (Wildman–Crippen MR) is 78.1 cm³/mol. The van der Waals surface area contributed by atoms with E-state index in [4.69, 9.17) is 5.11 Å². The number of thiazole rings is 1. The molecule has 1 aromatic heterocycles. The molecule has 0 aliphatic heterocycles. The molecule has 0 unspecified atom stereocenters. The highest BCUT2D eigenvalue weighted by molar-refractivity contribution is 7.93. The van der Waals surface area contributed by atoms with Crippen molar-refractivity contribution < 1.29 is 13.5 Å². The van der Waals surface area contributed by atoms with Crippen molar-refractivity contribution in [1.82, 2.24) is 4.98 Å². The molecule has 104 valence electrons. The van der Waals surface area contributed by atoms with Crippen LogP contribution in [0, 0.1) is 18.8 Å². The molecule has 1 aromatic carbocycles. The monoisotopic (exact) mass is 308 g/mol. The number of benzene rings is 1. The summed E-state index contributed by atoms with van der Waals surface area (Å²) in [6.07, 6.45) is 1.46. The lowest BCUT2D eigenvalue weighted by atomic mass is 10.2. The smallest absolute Gasteiger partial charge is 0.263 e. The quantitative estimate of drug-likeness (QED) is 0.844.